The van der Waals surface area contributed by atoms with Crippen LogP contribution in [0, 0.1) is 27.7 Å². The van der Waals surface area contributed by atoms with Crippen LogP contribution in [0.2, 0.25) is 0 Å². The summed E-state index contributed by atoms with van der Waals surface area (Å²) >= 11 is 0. The van der Waals surface area contributed by atoms with Crippen molar-refractivity contribution in [1.29, 1.82) is 0 Å². The molecule has 2 heterocycles. The summed E-state index contributed by atoms with van der Waals surface area (Å²) in [7, 11) is 0. The standard InChI is InChI=1S/C24H24N2.ClH/c1-16-8-10-21(11-9-16)23-24-22(12-13-25-23)18(3)19(4)26(24)15-20-7-5-6-17(2)14-20;/h5-14H,15H2,1-4H3;1H. The number of hydrogen-bond acceptors (Lipinski definition) is 1. The van der Waals surface area contributed by atoms with Crippen LogP contribution in [0.4, 0.5) is 0 Å². The highest BCUT2D eigenvalue weighted by molar-refractivity contribution is 5.95. The van der Waals surface area contributed by atoms with Gasteiger partial charge in [-0.1, -0.05) is 59.7 Å². The fourth-order valence-electron chi connectivity index (χ4n) is 3.71. The van der Waals surface area contributed by atoms with E-state index in [0.717, 1.165) is 12.2 Å². The molecule has 0 aliphatic rings. The van der Waals surface area contributed by atoms with Gasteiger partial charge in [0.1, 0.15) is 0 Å². The predicted octanol–water partition coefficient (Wildman–Crippen LogP) is 6.41. The highest BCUT2D eigenvalue weighted by Crippen LogP contribution is 2.33. The summed E-state index contributed by atoms with van der Waals surface area (Å²) in [4.78, 5) is 4.76. The van der Waals surface area contributed by atoms with Crippen molar-refractivity contribution in [3.05, 3.63) is 88.7 Å². The van der Waals surface area contributed by atoms with Gasteiger partial charge in [0.15, 0.2) is 0 Å². The van der Waals surface area contributed by atoms with E-state index in [1.54, 1.807) is 0 Å². The van der Waals surface area contributed by atoms with Gasteiger partial charge in [-0.15, -0.1) is 12.4 Å². The zero-order valence-corrected chi connectivity index (χ0v) is 17.1. The zero-order valence-electron chi connectivity index (χ0n) is 16.3. The summed E-state index contributed by atoms with van der Waals surface area (Å²) in [6.45, 7) is 9.55. The maximum Gasteiger partial charge on any atom is 0.0945 e. The zero-order chi connectivity index (χ0) is 18.3. The lowest BCUT2D eigenvalue weighted by Gasteiger charge is -2.12. The molecule has 2 aromatic carbocycles. The Kier molecular flexibility index (Phi) is 5.38. The predicted molar refractivity (Wildman–Crippen MR) is 117 cm³/mol. The second kappa shape index (κ2) is 7.58. The molecule has 0 fully saturated rings. The topological polar surface area (TPSA) is 17.8 Å². The average molecular weight is 377 g/mol. The van der Waals surface area contributed by atoms with E-state index in [0.29, 0.717) is 0 Å². The number of nitrogens with zero attached hydrogens (tertiary/aromatic N) is 2. The van der Waals surface area contributed by atoms with E-state index in [2.05, 4.69) is 86.9 Å². The molecule has 2 aromatic heterocycles. The highest BCUT2D eigenvalue weighted by atomic mass is 35.5. The van der Waals surface area contributed by atoms with Crippen LogP contribution >= 0.6 is 12.4 Å². The minimum Gasteiger partial charge on any atom is -0.338 e. The monoisotopic (exact) mass is 376 g/mol. The minimum absolute atomic E-state index is 0. The van der Waals surface area contributed by atoms with Crippen LogP contribution < -0.4 is 0 Å². The molecule has 0 spiro atoms. The van der Waals surface area contributed by atoms with Crippen molar-refractivity contribution in [2.24, 2.45) is 0 Å². The number of pyridine rings is 1. The summed E-state index contributed by atoms with van der Waals surface area (Å²) in [6, 6.07) is 19.6. The molecule has 0 N–H and O–H groups in total. The molecule has 0 radical (unpaired) electrons. The molecule has 0 unspecified atom stereocenters. The first-order valence-corrected chi connectivity index (χ1v) is 9.11. The van der Waals surface area contributed by atoms with Crippen molar-refractivity contribution in [3.63, 3.8) is 0 Å². The van der Waals surface area contributed by atoms with Gasteiger partial charge in [-0.25, -0.2) is 0 Å². The van der Waals surface area contributed by atoms with Crippen LogP contribution in [0.5, 0.6) is 0 Å². The van der Waals surface area contributed by atoms with Crippen molar-refractivity contribution >= 4 is 23.3 Å². The van der Waals surface area contributed by atoms with Gasteiger partial charge in [0.2, 0.25) is 0 Å². The fraction of sp³-hybridized carbons (Fsp3) is 0.208. The summed E-state index contributed by atoms with van der Waals surface area (Å²) in [5, 5.41) is 1.29. The highest BCUT2D eigenvalue weighted by Gasteiger charge is 2.16. The maximum absolute atomic E-state index is 4.76. The second-order valence-electron chi connectivity index (χ2n) is 7.21. The Bertz CT molecular complexity index is 1090. The fourth-order valence-corrected chi connectivity index (χ4v) is 3.71. The van der Waals surface area contributed by atoms with Crippen molar-refractivity contribution in [3.8, 4) is 11.3 Å². The second-order valence-corrected chi connectivity index (χ2v) is 7.21. The van der Waals surface area contributed by atoms with Crippen LogP contribution in [-0.2, 0) is 6.54 Å². The van der Waals surface area contributed by atoms with Gasteiger partial charge in [0.05, 0.1) is 11.2 Å². The SMILES string of the molecule is Cc1ccc(-c2nccc3c(C)c(C)n(Cc4cccc(C)c4)c23)cc1.Cl. The van der Waals surface area contributed by atoms with E-state index in [1.807, 2.05) is 6.20 Å². The molecule has 4 rings (SSSR count). The molecule has 138 valence electrons. The molecule has 0 bridgehead atoms. The first-order valence-electron chi connectivity index (χ1n) is 9.11. The third-order valence-corrected chi connectivity index (χ3v) is 5.29. The quantitative estimate of drug-likeness (QED) is 0.404. The molecule has 0 saturated carbocycles. The van der Waals surface area contributed by atoms with E-state index in [-0.39, 0.29) is 12.4 Å². The minimum atomic E-state index is 0. The Morgan fingerprint density at radius 3 is 2.30 bits per heavy atom. The summed E-state index contributed by atoms with van der Waals surface area (Å²) in [6.07, 6.45) is 1.93. The molecular formula is C24H25ClN2. The summed E-state index contributed by atoms with van der Waals surface area (Å²) in [5.74, 6) is 0. The number of aryl methyl sites for hydroxylation is 3. The van der Waals surface area contributed by atoms with E-state index in [1.165, 1.54) is 44.4 Å². The van der Waals surface area contributed by atoms with Gasteiger partial charge >= 0.3 is 0 Å². The third kappa shape index (κ3) is 3.50. The molecule has 3 heteroatoms. The average Bonchev–Trinajstić information content (AvgIpc) is 2.88. The van der Waals surface area contributed by atoms with Crippen LogP contribution in [-0.4, -0.2) is 9.55 Å². The lowest BCUT2D eigenvalue weighted by atomic mass is 10.1. The number of benzene rings is 2. The lowest BCUT2D eigenvalue weighted by molar-refractivity contribution is 0.799. The van der Waals surface area contributed by atoms with Gasteiger partial charge in [-0.05, 0) is 44.9 Å². The molecule has 0 saturated heterocycles. The van der Waals surface area contributed by atoms with Crippen LogP contribution in [0.1, 0.15) is 27.9 Å². The lowest BCUT2D eigenvalue weighted by Crippen LogP contribution is -2.03. The van der Waals surface area contributed by atoms with Gasteiger partial charge in [-0.2, -0.15) is 0 Å². The van der Waals surface area contributed by atoms with Gasteiger partial charge < -0.3 is 4.57 Å². The third-order valence-electron chi connectivity index (χ3n) is 5.29. The van der Waals surface area contributed by atoms with E-state index in [4.69, 9.17) is 4.98 Å². The number of rotatable bonds is 3. The largest absolute Gasteiger partial charge is 0.338 e. The van der Waals surface area contributed by atoms with Gasteiger partial charge in [0, 0.05) is 29.4 Å². The van der Waals surface area contributed by atoms with Crippen LogP contribution in [0.25, 0.3) is 22.2 Å². The maximum atomic E-state index is 4.76. The van der Waals surface area contributed by atoms with E-state index >= 15 is 0 Å². The number of fused-ring (bicyclic) bond motifs is 1. The molecule has 0 atom stereocenters. The Morgan fingerprint density at radius 1 is 0.852 bits per heavy atom. The van der Waals surface area contributed by atoms with Crippen LogP contribution in [0.15, 0.2) is 60.8 Å². The van der Waals surface area contributed by atoms with E-state index < -0.39 is 0 Å². The smallest absolute Gasteiger partial charge is 0.0945 e. The molecule has 27 heavy (non-hydrogen) atoms. The number of aromatic nitrogens is 2. The number of halogens is 1. The Morgan fingerprint density at radius 2 is 1.59 bits per heavy atom. The van der Waals surface area contributed by atoms with Crippen molar-refractivity contribution in [1.82, 2.24) is 9.55 Å². The van der Waals surface area contributed by atoms with Crippen molar-refractivity contribution in [2.75, 3.05) is 0 Å². The first-order chi connectivity index (χ1) is 12.5. The Balaban J connectivity index is 0.00000210. The van der Waals surface area contributed by atoms with E-state index in [9.17, 15) is 0 Å². The van der Waals surface area contributed by atoms with Gasteiger partial charge in [-0.3, -0.25) is 4.98 Å². The molecule has 0 aliphatic carbocycles. The summed E-state index contributed by atoms with van der Waals surface area (Å²) < 4.78 is 2.42. The first kappa shape index (κ1) is 19.2. The molecule has 4 aromatic rings. The molecule has 0 aliphatic heterocycles. The molecule has 2 nitrogen and oxygen atoms in total. The Hall–Kier alpha value is -2.58. The Labute approximate surface area is 167 Å². The van der Waals surface area contributed by atoms with Crippen LogP contribution in [0.3, 0.4) is 0 Å². The van der Waals surface area contributed by atoms with Gasteiger partial charge in [0.25, 0.3) is 0 Å². The molecule has 0 amide bonds. The number of hydrogen-bond donors (Lipinski definition) is 0. The molecular weight excluding hydrogens is 352 g/mol. The summed E-state index contributed by atoms with van der Waals surface area (Å²) in [5.41, 5.74) is 9.99. The van der Waals surface area contributed by atoms with Crippen molar-refractivity contribution in [2.45, 2.75) is 34.2 Å². The normalized spacial score (nSPS) is 10.8. The van der Waals surface area contributed by atoms with Crippen molar-refractivity contribution < 1.29 is 0 Å².